The highest BCUT2D eigenvalue weighted by Crippen LogP contribution is 2.41. The molecule has 0 spiro atoms. The van der Waals surface area contributed by atoms with Crippen LogP contribution in [0.15, 0.2) is 60.7 Å². The van der Waals surface area contributed by atoms with Crippen LogP contribution in [-0.4, -0.2) is 4.89 Å². The summed E-state index contributed by atoms with van der Waals surface area (Å²) in [4.78, 5) is 21.0. The van der Waals surface area contributed by atoms with Gasteiger partial charge in [0.25, 0.3) is 5.78 Å². The van der Waals surface area contributed by atoms with Gasteiger partial charge in [0.1, 0.15) is 0 Å². The first-order valence-electron chi connectivity index (χ1n) is 6.24. The molecule has 7 heteroatoms. The van der Waals surface area contributed by atoms with E-state index < -0.39 is 27.6 Å². The lowest BCUT2D eigenvalue weighted by Crippen LogP contribution is -2.24. The third kappa shape index (κ3) is 4.24. The Morgan fingerprint density at radius 1 is 0.857 bits per heavy atom. The van der Waals surface area contributed by atoms with Crippen molar-refractivity contribution in [2.45, 2.75) is 11.6 Å². The highest BCUT2D eigenvalue weighted by Gasteiger charge is 2.37. The van der Waals surface area contributed by atoms with E-state index in [9.17, 15) is 18.9 Å². The van der Waals surface area contributed by atoms with Crippen LogP contribution in [0.1, 0.15) is 22.7 Å². The number of nitrogens with one attached hydrogen (secondary N) is 1. The predicted octanol–water partition coefficient (Wildman–Crippen LogP) is 2.81. The van der Waals surface area contributed by atoms with Gasteiger partial charge in [0.15, 0.2) is 0 Å². The summed E-state index contributed by atoms with van der Waals surface area (Å²) >= 11 is 0. The summed E-state index contributed by atoms with van der Waals surface area (Å²) in [6, 6.07) is 17.2. The van der Waals surface area contributed by atoms with Gasteiger partial charge in [0.05, 0.1) is 0 Å². The first-order chi connectivity index (χ1) is 10.1. The molecule has 2 rings (SSSR count). The maximum absolute atomic E-state index is 11.6. The molecule has 5 nitrogen and oxygen atoms in total. The Kier molecular flexibility index (Phi) is 5.68. The Balaban J connectivity index is 2.30. The molecule has 2 unspecified atom stereocenters. The van der Waals surface area contributed by atoms with Crippen molar-refractivity contribution in [3.63, 3.8) is 0 Å². The van der Waals surface area contributed by atoms with Gasteiger partial charge in [0.2, 0.25) is 5.78 Å². The van der Waals surface area contributed by atoms with E-state index in [0.29, 0.717) is 11.1 Å². The second kappa shape index (κ2) is 7.51. The summed E-state index contributed by atoms with van der Waals surface area (Å²) < 4.78 is 23.1. The van der Waals surface area contributed by atoms with Crippen molar-refractivity contribution >= 4 is 16.1 Å². The first-order valence-corrected chi connectivity index (χ1v) is 8.77. The molecule has 108 valence electrons. The van der Waals surface area contributed by atoms with Crippen LogP contribution < -0.4 is 10.2 Å². The summed E-state index contributed by atoms with van der Waals surface area (Å²) in [5, 5.41) is 2.76. The molecule has 2 N–H and O–H groups in total. The average molecular weight is 322 g/mol. The predicted molar refractivity (Wildman–Crippen MR) is 78.9 cm³/mol. The van der Waals surface area contributed by atoms with Crippen LogP contribution in [-0.2, 0) is 9.13 Å². The SMILES string of the molecule is O=[P+]([O-])[C@@H](N[C@@H](c1ccccc1)[P+](=O)O)c1ccccc1. The second-order valence-electron chi connectivity index (χ2n) is 4.38. The summed E-state index contributed by atoms with van der Waals surface area (Å²) in [7, 11) is -5.45. The van der Waals surface area contributed by atoms with E-state index in [1.165, 1.54) is 0 Å². The summed E-state index contributed by atoms with van der Waals surface area (Å²) in [6.45, 7) is 0. The van der Waals surface area contributed by atoms with Gasteiger partial charge in [-0.15, -0.1) is 0 Å². The molecule has 0 amide bonds. The first kappa shape index (κ1) is 15.9. The number of rotatable bonds is 6. The minimum atomic E-state index is -2.84. The van der Waals surface area contributed by atoms with Gasteiger partial charge in [-0.05, 0) is 4.57 Å². The van der Waals surface area contributed by atoms with E-state index in [2.05, 4.69) is 5.32 Å². The maximum atomic E-state index is 11.6. The Labute approximate surface area is 124 Å². The van der Waals surface area contributed by atoms with E-state index in [-0.39, 0.29) is 0 Å². The largest absolute Gasteiger partial charge is 0.594 e. The van der Waals surface area contributed by atoms with Gasteiger partial charge in [-0.2, -0.15) is 4.89 Å². The number of benzene rings is 2. The third-order valence-corrected chi connectivity index (χ3v) is 4.74. The van der Waals surface area contributed by atoms with Crippen molar-refractivity contribution in [3.05, 3.63) is 71.8 Å². The van der Waals surface area contributed by atoms with Crippen molar-refractivity contribution in [2.75, 3.05) is 0 Å². The Bertz CT molecular complexity index is 566. The minimum absolute atomic E-state index is 0.534. The zero-order valence-corrected chi connectivity index (χ0v) is 12.8. The van der Waals surface area contributed by atoms with Crippen LogP contribution in [0.25, 0.3) is 0 Å². The van der Waals surface area contributed by atoms with Crippen LogP contribution in [0.3, 0.4) is 0 Å². The molecule has 2 aromatic rings. The van der Waals surface area contributed by atoms with Crippen LogP contribution in [0.2, 0.25) is 0 Å². The van der Waals surface area contributed by atoms with Crippen LogP contribution in [0.4, 0.5) is 0 Å². The minimum Gasteiger partial charge on any atom is -0.594 e. The van der Waals surface area contributed by atoms with Crippen molar-refractivity contribution in [1.29, 1.82) is 0 Å². The normalized spacial score (nSPS) is 15.1. The van der Waals surface area contributed by atoms with E-state index in [0.717, 1.165) is 0 Å². The summed E-state index contributed by atoms with van der Waals surface area (Å²) in [5.74, 6) is -1.96. The highest BCUT2D eigenvalue weighted by atomic mass is 31.1. The van der Waals surface area contributed by atoms with E-state index in [1.54, 1.807) is 60.7 Å². The maximum Gasteiger partial charge on any atom is 0.529 e. The molecule has 21 heavy (non-hydrogen) atoms. The van der Waals surface area contributed by atoms with Gasteiger partial charge in [-0.3, -0.25) is 0 Å². The van der Waals surface area contributed by atoms with Gasteiger partial charge in [0, 0.05) is 11.1 Å². The molecule has 0 aliphatic heterocycles. The highest BCUT2D eigenvalue weighted by molar-refractivity contribution is 7.39. The fourth-order valence-electron chi connectivity index (χ4n) is 1.99. The number of hydrogen-bond acceptors (Lipinski definition) is 4. The van der Waals surface area contributed by atoms with Crippen molar-refractivity contribution in [2.24, 2.45) is 0 Å². The van der Waals surface area contributed by atoms with Gasteiger partial charge < -0.3 is 4.89 Å². The zero-order chi connectivity index (χ0) is 15.2. The molecule has 0 fully saturated rings. The van der Waals surface area contributed by atoms with Crippen molar-refractivity contribution < 1.29 is 18.9 Å². The summed E-state index contributed by atoms with van der Waals surface area (Å²) in [6.07, 6.45) is 0. The van der Waals surface area contributed by atoms with Gasteiger partial charge in [-0.25, -0.2) is 5.32 Å². The van der Waals surface area contributed by atoms with Crippen LogP contribution in [0, 0.1) is 0 Å². The molecule has 0 saturated heterocycles. The zero-order valence-electron chi connectivity index (χ0n) is 11.0. The Hall–Kier alpha value is -1.48. The quantitative estimate of drug-likeness (QED) is 0.798. The van der Waals surface area contributed by atoms with E-state index in [4.69, 9.17) is 0 Å². The molecule has 4 atom stereocenters. The third-order valence-electron chi connectivity index (χ3n) is 2.98. The van der Waals surface area contributed by atoms with Gasteiger partial charge >= 0.3 is 16.1 Å². The fraction of sp³-hybridized carbons (Fsp3) is 0.143. The van der Waals surface area contributed by atoms with Crippen LogP contribution in [0.5, 0.6) is 0 Å². The lowest BCUT2D eigenvalue weighted by atomic mass is 10.2. The standard InChI is InChI=1S/C14H13NO4P2/c16-20(17)13(11-7-3-1-4-8-11)15-14(21(18)19)12-9-5-2-6-10-12/h1-10,13-15H/p+1/t13-,14-/m1/s1. The summed E-state index contributed by atoms with van der Waals surface area (Å²) in [5.41, 5.74) is 1.10. The lowest BCUT2D eigenvalue weighted by Gasteiger charge is -2.13. The van der Waals surface area contributed by atoms with Gasteiger partial charge in [-0.1, -0.05) is 65.2 Å². The molecule has 0 saturated carbocycles. The van der Waals surface area contributed by atoms with Crippen molar-refractivity contribution in [1.82, 2.24) is 5.32 Å². The molecule has 2 aromatic carbocycles. The molecular formula is C14H14NO4P2+. The molecule has 0 aromatic heterocycles. The average Bonchev–Trinajstić information content (AvgIpc) is 2.49. The lowest BCUT2D eigenvalue weighted by molar-refractivity contribution is -0.167. The second-order valence-corrected chi connectivity index (χ2v) is 6.59. The van der Waals surface area contributed by atoms with Crippen LogP contribution >= 0.6 is 16.1 Å². The Morgan fingerprint density at radius 3 is 1.67 bits per heavy atom. The Morgan fingerprint density at radius 2 is 1.29 bits per heavy atom. The molecule has 0 aliphatic rings. The number of hydrogen-bond donors (Lipinski definition) is 2. The van der Waals surface area contributed by atoms with Crippen molar-refractivity contribution in [3.8, 4) is 0 Å². The molecule has 0 heterocycles. The molecule has 0 radical (unpaired) electrons. The fourth-order valence-corrected chi connectivity index (χ4v) is 3.49. The van der Waals surface area contributed by atoms with E-state index in [1.807, 2.05) is 0 Å². The molecular weight excluding hydrogens is 308 g/mol. The molecule has 0 aliphatic carbocycles. The molecule has 0 bridgehead atoms. The topological polar surface area (TPSA) is 89.5 Å². The monoisotopic (exact) mass is 322 g/mol. The van der Waals surface area contributed by atoms with E-state index >= 15 is 0 Å². The smallest absolute Gasteiger partial charge is 0.529 e.